The molecule has 0 saturated carbocycles. The van der Waals surface area contributed by atoms with Gasteiger partial charge in [-0.05, 0) is 18.9 Å². The van der Waals surface area contributed by atoms with Crippen molar-refractivity contribution in [2.45, 2.75) is 26.3 Å². The van der Waals surface area contributed by atoms with Gasteiger partial charge in [0.15, 0.2) is 0 Å². The minimum atomic E-state index is 0.173. The van der Waals surface area contributed by atoms with E-state index in [1.165, 1.54) is 11.1 Å². The van der Waals surface area contributed by atoms with E-state index in [1.54, 1.807) is 6.92 Å². The number of hydrogen-bond acceptors (Lipinski definition) is 3. The van der Waals surface area contributed by atoms with Crippen LogP contribution in [0.25, 0.3) is 0 Å². The van der Waals surface area contributed by atoms with Crippen LogP contribution in [0.15, 0.2) is 24.3 Å². The monoisotopic (exact) mass is 275 g/mol. The van der Waals surface area contributed by atoms with Crippen molar-refractivity contribution in [2.75, 3.05) is 32.7 Å². The summed E-state index contributed by atoms with van der Waals surface area (Å²) in [5.74, 6) is 0.173. The van der Waals surface area contributed by atoms with Gasteiger partial charge in [-0.15, -0.1) is 0 Å². The number of nitrogens with zero attached hydrogens (tertiary/aromatic N) is 2. The van der Waals surface area contributed by atoms with Gasteiger partial charge in [0.05, 0.1) is 0 Å². The Bertz CT molecular complexity index is 444. The van der Waals surface area contributed by atoms with Crippen molar-refractivity contribution in [2.24, 2.45) is 5.73 Å². The highest BCUT2D eigenvalue weighted by Gasteiger charge is 2.23. The van der Waals surface area contributed by atoms with E-state index in [0.29, 0.717) is 6.54 Å². The number of amides is 1. The van der Waals surface area contributed by atoms with Gasteiger partial charge in [0.25, 0.3) is 0 Å². The van der Waals surface area contributed by atoms with Gasteiger partial charge in [-0.3, -0.25) is 9.69 Å². The lowest BCUT2D eigenvalue weighted by atomic mass is 10.0. The fourth-order valence-electron chi connectivity index (χ4n) is 2.85. The first kappa shape index (κ1) is 15.0. The summed E-state index contributed by atoms with van der Waals surface area (Å²) in [6, 6.07) is 8.86. The Kier molecular flexibility index (Phi) is 5.15. The molecule has 0 aliphatic carbocycles. The predicted molar refractivity (Wildman–Crippen MR) is 81.4 cm³/mol. The molecule has 0 aromatic heterocycles. The third-order valence-corrected chi connectivity index (χ3v) is 4.10. The molecule has 1 unspecified atom stereocenters. The Morgan fingerprint density at radius 3 is 2.50 bits per heavy atom. The molecule has 1 aliphatic heterocycles. The van der Waals surface area contributed by atoms with Crippen molar-refractivity contribution in [3.63, 3.8) is 0 Å². The van der Waals surface area contributed by atoms with Crippen molar-refractivity contribution in [1.82, 2.24) is 9.80 Å². The second-order valence-electron chi connectivity index (χ2n) is 5.56. The number of carbonyl (C=O) groups excluding carboxylic acids is 1. The molecule has 1 fully saturated rings. The van der Waals surface area contributed by atoms with Crippen LogP contribution in [-0.4, -0.2) is 48.4 Å². The van der Waals surface area contributed by atoms with Gasteiger partial charge < -0.3 is 10.6 Å². The van der Waals surface area contributed by atoms with E-state index in [1.807, 2.05) is 4.90 Å². The molecule has 1 aromatic rings. The molecule has 110 valence electrons. The Labute approximate surface area is 121 Å². The molecule has 2 N–H and O–H groups in total. The first-order valence-corrected chi connectivity index (χ1v) is 7.38. The molecule has 0 radical (unpaired) electrons. The number of aryl methyl sites for hydroxylation is 1. The molecule has 1 heterocycles. The second kappa shape index (κ2) is 6.86. The maximum Gasteiger partial charge on any atom is 0.219 e. The van der Waals surface area contributed by atoms with Crippen molar-refractivity contribution in [1.29, 1.82) is 0 Å². The van der Waals surface area contributed by atoms with E-state index < -0.39 is 0 Å². The smallest absolute Gasteiger partial charge is 0.219 e. The zero-order valence-electron chi connectivity index (χ0n) is 12.5. The van der Waals surface area contributed by atoms with E-state index in [-0.39, 0.29) is 11.9 Å². The summed E-state index contributed by atoms with van der Waals surface area (Å²) in [6.45, 7) is 7.92. The van der Waals surface area contributed by atoms with Crippen LogP contribution in [-0.2, 0) is 4.79 Å². The fraction of sp³-hybridized carbons (Fsp3) is 0.562. The van der Waals surface area contributed by atoms with Crippen LogP contribution >= 0.6 is 0 Å². The van der Waals surface area contributed by atoms with Gasteiger partial charge in [-0.2, -0.15) is 0 Å². The molecule has 1 amide bonds. The van der Waals surface area contributed by atoms with Crippen LogP contribution in [0.3, 0.4) is 0 Å². The van der Waals surface area contributed by atoms with E-state index in [2.05, 4.69) is 36.1 Å². The van der Waals surface area contributed by atoms with E-state index in [9.17, 15) is 4.79 Å². The highest BCUT2D eigenvalue weighted by molar-refractivity contribution is 5.73. The zero-order chi connectivity index (χ0) is 14.5. The maximum atomic E-state index is 11.5. The van der Waals surface area contributed by atoms with Gasteiger partial charge in [-0.1, -0.05) is 29.8 Å². The largest absolute Gasteiger partial charge is 0.342 e. The van der Waals surface area contributed by atoms with Gasteiger partial charge in [0.2, 0.25) is 5.91 Å². The zero-order valence-corrected chi connectivity index (χ0v) is 12.5. The number of benzene rings is 1. The van der Waals surface area contributed by atoms with Crippen molar-refractivity contribution >= 4 is 5.91 Å². The molecule has 0 spiro atoms. The van der Waals surface area contributed by atoms with Gasteiger partial charge in [0, 0.05) is 45.7 Å². The molecule has 1 aliphatic rings. The maximum absolute atomic E-state index is 11.5. The number of nitrogens with two attached hydrogens (primary N) is 1. The van der Waals surface area contributed by atoms with Crippen molar-refractivity contribution in [3.8, 4) is 0 Å². The van der Waals surface area contributed by atoms with Gasteiger partial charge in [0.1, 0.15) is 0 Å². The summed E-state index contributed by atoms with van der Waals surface area (Å²) in [5, 5.41) is 0. The highest BCUT2D eigenvalue weighted by atomic mass is 16.2. The molecule has 20 heavy (non-hydrogen) atoms. The SMILES string of the molecule is CC(=O)N1CCCN(C(CN)c2ccc(C)cc2)CC1. The Hall–Kier alpha value is -1.39. The third-order valence-electron chi connectivity index (χ3n) is 4.10. The number of carbonyl (C=O) groups is 1. The summed E-state index contributed by atoms with van der Waals surface area (Å²) >= 11 is 0. The van der Waals surface area contributed by atoms with E-state index in [0.717, 1.165) is 32.6 Å². The quantitative estimate of drug-likeness (QED) is 0.910. The van der Waals surface area contributed by atoms with Gasteiger partial charge in [-0.25, -0.2) is 0 Å². The van der Waals surface area contributed by atoms with Gasteiger partial charge >= 0.3 is 0 Å². The summed E-state index contributed by atoms with van der Waals surface area (Å²) in [7, 11) is 0. The standard InChI is InChI=1S/C16H25N3O/c1-13-4-6-15(7-5-13)16(12-17)19-9-3-8-18(10-11-19)14(2)20/h4-7,16H,3,8-12,17H2,1-2H3. The number of rotatable bonds is 3. The van der Waals surface area contributed by atoms with Crippen LogP contribution in [0, 0.1) is 6.92 Å². The fourth-order valence-corrected chi connectivity index (χ4v) is 2.85. The van der Waals surface area contributed by atoms with E-state index in [4.69, 9.17) is 5.73 Å². The third kappa shape index (κ3) is 3.58. The molecule has 2 rings (SSSR count). The summed E-state index contributed by atoms with van der Waals surface area (Å²) in [5.41, 5.74) is 8.54. The minimum absolute atomic E-state index is 0.173. The topological polar surface area (TPSA) is 49.6 Å². The van der Waals surface area contributed by atoms with Crippen LogP contribution in [0.5, 0.6) is 0 Å². The molecule has 0 bridgehead atoms. The lowest BCUT2D eigenvalue weighted by molar-refractivity contribution is -0.128. The summed E-state index contributed by atoms with van der Waals surface area (Å²) < 4.78 is 0. The van der Waals surface area contributed by atoms with Crippen LogP contribution in [0.1, 0.15) is 30.5 Å². The highest BCUT2D eigenvalue weighted by Crippen LogP contribution is 2.21. The average molecular weight is 275 g/mol. The Morgan fingerprint density at radius 1 is 1.20 bits per heavy atom. The van der Waals surface area contributed by atoms with Crippen LogP contribution < -0.4 is 5.73 Å². The average Bonchev–Trinajstić information content (AvgIpc) is 2.68. The lowest BCUT2D eigenvalue weighted by Gasteiger charge is -2.30. The molecule has 1 atom stereocenters. The molecule has 4 heteroatoms. The second-order valence-corrected chi connectivity index (χ2v) is 5.56. The Balaban J connectivity index is 2.07. The van der Waals surface area contributed by atoms with Crippen molar-refractivity contribution in [3.05, 3.63) is 35.4 Å². The molecule has 4 nitrogen and oxygen atoms in total. The Morgan fingerprint density at radius 2 is 1.90 bits per heavy atom. The summed E-state index contributed by atoms with van der Waals surface area (Å²) in [6.07, 6.45) is 1.02. The van der Waals surface area contributed by atoms with E-state index >= 15 is 0 Å². The first-order chi connectivity index (χ1) is 9.61. The predicted octanol–water partition coefficient (Wildman–Crippen LogP) is 1.55. The molecular formula is C16H25N3O. The van der Waals surface area contributed by atoms with Crippen LogP contribution in [0.2, 0.25) is 0 Å². The normalized spacial score (nSPS) is 18.6. The first-order valence-electron chi connectivity index (χ1n) is 7.38. The number of hydrogen-bond donors (Lipinski definition) is 1. The van der Waals surface area contributed by atoms with Crippen molar-refractivity contribution < 1.29 is 4.79 Å². The molecule has 1 saturated heterocycles. The molecular weight excluding hydrogens is 250 g/mol. The lowest BCUT2D eigenvalue weighted by Crippen LogP contribution is -2.37. The minimum Gasteiger partial charge on any atom is -0.342 e. The molecule has 1 aromatic carbocycles. The van der Waals surface area contributed by atoms with Crippen LogP contribution in [0.4, 0.5) is 0 Å². The summed E-state index contributed by atoms with van der Waals surface area (Å²) in [4.78, 5) is 15.8.